The van der Waals surface area contributed by atoms with Gasteiger partial charge in [-0.25, -0.2) is 0 Å². The van der Waals surface area contributed by atoms with Gasteiger partial charge in [0.1, 0.15) is 5.75 Å². The van der Waals surface area contributed by atoms with Gasteiger partial charge in [0.15, 0.2) is 0 Å². The highest BCUT2D eigenvalue weighted by molar-refractivity contribution is 9.10. The van der Waals surface area contributed by atoms with Crippen LogP contribution in [0.4, 0.5) is 0 Å². The first-order valence-electron chi connectivity index (χ1n) is 7.91. The second-order valence-corrected chi connectivity index (χ2v) is 6.73. The largest absolute Gasteiger partial charge is 0.497 e. The molecule has 2 unspecified atom stereocenters. The topological polar surface area (TPSA) is 24.5 Å². The van der Waals surface area contributed by atoms with Crippen LogP contribution in [0.2, 0.25) is 0 Å². The molecule has 118 valence electrons. The summed E-state index contributed by atoms with van der Waals surface area (Å²) in [5.41, 5.74) is 1.35. The maximum Gasteiger partial charge on any atom is 0.119 e. The Labute approximate surface area is 137 Å². The molecule has 1 heterocycles. The van der Waals surface area contributed by atoms with E-state index >= 15 is 0 Å². The van der Waals surface area contributed by atoms with Crippen LogP contribution in [0.25, 0.3) is 0 Å². The predicted octanol–water partition coefficient (Wildman–Crippen LogP) is 3.84. The Hall–Kier alpha value is -0.580. The average Bonchev–Trinajstić information content (AvgIpc) is 2.67. The Balaban J connectivity index is 2.33. The molecule has 0 spiro atoms. The summed E-state index contributed by atoms with van der Waals surface area (Å²) in [5.74, 6) is 1.58. The molecule has 2 atom stereocenters. The predicted molar refractivity (Wildman–Crippen MR) is 91.9 cm³/mol. The van der Waals surface area contributed by atoms with Crippen LogP contribution >= 0.6 is 15.9 Å². The van der Waals surface area contributed by atoms with Crippen LogP contribution in [0.1, 0.15) is 37.8 Å². The minimum absolute atomic E-state index is 0.441. The van der Waals surface area contributed by atoms with Crippen molar-refractivity contribution in [1.29, 1.82) is 0 Å². The normalized spacial score (nSPS) is 23.8. The van der Waals surface area contributed by atoms with Gasteiger partial charge in [-0.2, -0.15) is 0 Å². The molecule has 1 aromatic rings. The number of halogens is 1. The number of benzene rings is 1. The Kier molecular flexibility index (Phi) is 6.52. The molecule has 1 aliphatic heterocycles. The third-order valence-electron chi connectivity index (χ3n) is 4.44. The second kappa shape index (κ2) is 8.16. The smallest absolute Gasteiger partial charge is 0.119 e. The van der Waals surface area contributed by atoms with Crippen LogP contribution in [0, 0.1) is 5.92 Å². The molecule has 4 heteroatoms. The van der Waals surface area contributed by atoms with Crippen molar-refractivity contribution >= 4 is 15.9 Å². The highest BCUT2D eigenvalue weighted by Crippen LogP contribution is 2.38. The molecule has 0 aliphatic carbocycles. The quantitative estimate of drug-likeness (QED) is 0.869. The zero-order chi connectivity index (χ0) is 15.2. The maximum atomic E-state index is 5.43. The minimum atomic E-state index is 0.441. The van der Waals surface area contributed by atoms with Crippen molar-refractivity contribution in [3.05, 3.63) is 28.2 Å². The van der Waals surface area contributed by atoms with E-state index in [9.17, 15) is 0 Å². The number of likely N-dealkylation sites (tertiary alicyclic amines) is 1. The highest BCUT2D eigenvalue weighted by atomic mass is 79.9. The number of ether oxygens (including phenoxy) is 1. The van der Waals surface area contributed by atoms with Crippen LogP contribution in [0.3, 0.4) is 0 Å². The van der Waals surface area contributed by atoms with Crippen LogP contribution in [0.5, 0.6) is 5.75 Å². The summed E-state index contributed by atoms with van der Waals surface area (Å²) < 4.78 is 6.61. The summed E-state index contributed by atoms with van der Waals surface area (Å²) in [6.07, 6.45) is 3.89. The Morgan fingerprint density at radius 2 is 2.19 bits per heavy atom. The maximum absolute atomic E-state index is 5.43. The average molecular weight is 355 g/mol. The van der Waals surface area contributed by atoms with Crippen LogP contribution in [-0.2, 0) is 0 Å². The molecule has 0 amide bonds. The number of hydrogen-bond acceptors (Lipinski definition) is 3. The van der Waals surface area contributed by atoms with Crippen molar-refractivity contribution in [1.82, 2.24) is 10.2 Å². The van der Waals surface area contributed by atoms with Gasteiger partial charge in [0, 0.05) is 10.5 Å². The molecule has 1 aliphatic rings. The van der Waals surface area contributed by atoms with Crippen LogP contribution in [0.15, 0.2) is 22.7 Å². The number of hydrogen-bond donors (Lipinski definition) is 1. The van der Waals surface area contributed by atoms with Gasteiger partial charge >= 0.3 is 0 Å². The fourth-order valence-corrected chi connectivity index (χ4v) is 3.82. The summed E-state index contributed by atoms with van der Waals surface area (Å²) in [6.45, 7) is 5.45. The second-order valence-electron chi connectivity index (χ2n) is 5.88. The third kappa shape index (κ3) is 4.21. The highest BCUT2D eigenvalue weighted by Gasteiger charge is 2.30. The van der Waals surface area contributed by atoms with Gasteiger partial charge < -0.3 is 10.1 Å². The van der Waals surface area contributed by atoms with Gasteiger partial charge in [0.05, 0.1) is 7.11 Å². The van der Waals surface area contributed by atoms with E-state index in [1.165, 1.54) is 29.3 Å². The standard InChI is InChI=1S/C17H27BrN2O/c1-4-19-12-13-7-5-6-10-20(2)17(13)15-11-14(21-3)8-9-16(15)18/h8-9,11,13,17,19H,4-7,10,12H2,1-3H3. The van der Waals surface area contributed by atoms with Crippen molar-refractivity contribution in [3.8, 4) is 5.75 Å². The first-order chi connectivity index (χ1) is 10.2. The number of rotatable bonds is 5. The molecule has 1 fully saturated rings. The first-order valence-corrected chi connectivity index (χ1v) is 8.71. The molecular formula is C17H27BrN2O. The molecule has 1 saturated heterocycles. The lowest BCUT2D eigenvalue weighted by Gasteiger charge is -2.34. The fraction of sp³-hybridized carbons (Fsp3) is 0.647. The van der Waals surface area contributed by atoms with Crippen molar-refractivity contribution in [2.45, 2.75) is 32.2 Å². The van der Waals surface area contributed by atoms with Gasteiger partial charge in [-0.15, -0.1) is 0 Å². The number of methoxy groups -OCH3 is 1. The zero-order valence-electron chi connectivity index (χ0n) is 13.4. The van der Waals surface area contributed by atoms with E-state index in [4.69, 9.17) is 4.74 Å². The molecule has 0 aromatic heterocycles. The van der Waals surface area contributed by atoms with Crippen LogP contribution in [-0.4, -0.2) is 38.7 Å². The SMILES string of the molecule is CCNCC1CCCCN(C)C1c1cc(OC)ccc1Br. The number of nitrogens with zero attached hydrogens (tertiary/aromatic N) is 1. The van der Waals surface area contributed by atoms with Gasteiger partial charge in [0.2, 0.25) is 0 Å². The van der Waals surface area contributed by atoms with Gasteiger partial charge in [0.25, 0.3) is 0 Å². The van der Waals surface area contributed by atoms with E-state index in [1.54, 1.807) is 7.11 Å². The minimum Gasteiger partial charge on any atom is -0.497 e. The van der Waals surface area contributed by atoms with E-state index in [0.717, 1.165) is 25.4 Å². The summed E-state index contributed by atoms with van der Waals surface area (Å²) in [6, 6.07) is 6.76. The van der Waals surface area contributed by atoms with Crippen LogP contribution < -0.4 is 10.1 Å². The van der Waals surface area contributed by atoms with E-state index in [2.05, 4.69) is 52.3 Å². The fourth-order valence-electron chi connectivity index (χ4n) is 3.33. The van der Waals surface area contributed by atoms with Crippen molar-refractivity contribution in [2.24, 2.45) is 5.92 Å². The molecule has 21 heavy (non-hydrogen) atoms. The lowest BCUT2D eigenvalue weighted by atomic mass is 9.89. The lowest BCUT2D eigenvalue weighted by Crippen LogP contribution is -2.35. The Bertz CT molecular complexity index is 452. The Morgan fingerprint density at radius 1 is 1.38 bits per heavy atom. The molecule has 3 nitrogen and oxygen atoms in total. The summed E-state index contributed by atoms with van der Waals surface area (Å²) in [7, 11) is 3.99. The summed E-state index contributed by atoms with van der Waals surface area (Å²) in [5, 5.41) is 3.54. The molecule has 1 N–H and O–H groups in total. The summed E-state index contributed by atoms with van der Waals surface area (Å²) in [4.78, 5) is 2.51. The molecule has 0 bridgehead atoms. The van der Waals surface area contributed by atoms with Gasteiger partial charge in [-0.05, 0) is 69.2 Å². The molecule has 2 rings (SSSR count). The van der Waals surface area contributed by atoms with Gasteiger partial charge in [-0.1, -0.05) is 29.3 Å². The lowest BCUT2D eigenvalue weighted by molar-refractivity contribution is 0.188. The third-order valence-corrected chi connectivity index (χ3v) is 5.16. The molecule has 0 radical (unpaired) electrons. The molecular weight excluding hydrogens is 328 g/mol. The number of nitrogens with one attached hydrogen (secondary N) is 1. The first kappa shape index (κ1) is 16.8. The van der Waals surface area contributed by atoms with E-state index in [0.29, 0.717) is 12.0 Å². The Morgan fingerprint density at radius 3 is 2.90 bits per heavy atom. The van der Waals surface area contributed by atoms with Gasteiger partial charge in [-0.3, -0.25) is 4.90 Å². The van der Waals surface area contributed by atoms with Crippen molar-refractivity contribution < 1.29 is 4.74 Å². The zero-order valence-corrected chi connectivity index (χ0v) is 14.9. The van der Waals surface area contributed by atoms with E-state index in [1.807, 2.05) is 6.07 Å². The van der Waals surface area contributed by atoms with E-state index in [-0.39, 0.29) is 0 Å². The van der Waals surface area contributed by atoms with Crippen molar-refractivity contribution in [2.75, 3.05) is 33.8 Å². The van der Waals surface area contributed by atoms with E-state index < -0.39 is 0 Å². The molecule has 0 saturated carbocycles. The monoisotopic (exact) mass is 354 g/mol. The molecule has 1 aromatic carbocycles. The van der Waals surface area contributed by atoms with Crippen molar-refractivity contribution in [3.63, 3.8) is 0 Å². The summed E-state index contributed by atoms with van der Waals surface area (Å²) >= 11 is 3.74.